The van der Waals surface area contributed by atoms with Crippen LogP contribution in [0.4, 0.5) is 0 Å². The van der Waals surface area contributed by atoms with Gasteiger partial charge in [-0.1, -0.05) is 0 Å². The van der Waals surface area contributed by atoms with Crippen molar-refractivity contribution in [3.63, 3.8) is 0 Å². The summed E-state index contributed by atoms with van der Waals surface area (Å²) in [5.74, 6) is -1.33. The quantitative estimate of drug-likeness (QED) is 0.396. The van der Waals surface area contributed by atoms with Gasteiger partial charge in [-0.3, -0.25) is 10.2 Å². The maximum atomic E-state index is 12.1. The van der Waals surface area contributed by atoms with Crippen LogP contribution in [-0.4, -0.2) is 68.2 Å². The van der Waals surface area contributed by atoms with E-state index in [0.717, 1.165) is 24.4 Å². The highest BCUT2D eigenvalue weighted by Gasteiger charge is 2.57. The molecule has 3 heterocycles. The van der Waals surface area contributed by atoms with E-state index in [1.807, 2.05) is 4.90 Å². The van der Waals surface area contributed by atoms with Crippen LogP contribution < -0.4 is 0 Å². The van der Waals surface area contributed by atoms with Gasteiger partial charge in [-0.15, -0.1) is 11.8 Å². The topological polar surface area (TPSA) is 105 Å². The first-order valence-corrected chi connectivity index (χ1v) is 8.63. The number of hydrogen-bond acceptors (Lipinski definition) is 5. The maximum Gasteiger partial charge on any atom is 0.353 e. The van der Waals surface area contributed by atoms with Gasteiger partial charge in [-0.05, 0) is 20.3 Å². The van der Waals surface area contributed by atoms with Crippen LogP contribution in [0, 0.1) is 11.3 Å². The number of rotatable bonds is 4. The summed E-state index contributed by atoms with van der Waals surface area (Å²) >= 11 is 1.52. The minimum Gasteiger partial charge on any atom is -0.477 e. The maximum absolute atomic E-state index is 12.1. The Morgan fingerprint density at radius 1 is 1.48 bits per heavy atom. The van der Waals surface area contributed by atoms with Crippen LogP contribution in [0.5, 0.6) is 0 Å². The summed E-state index contributed by atoms with van der Waals surface area (Å²) in [6, 6.07) is -0.224. The van der Waals surface area contributed by atoms with Crippen molar-refractivity contribution < 1.29 is 19.8 Å². The number of aliphatic hydroxyl groups excluding tert-OH is 1. The molecule has 126 valence electrons. The number of nitrogens with zero attached hydrogens (tertiary/aromatic N) is 2. The van der Waals surface area contributed by atoms with Crippen molar-refractivity contribution in [2.45, 2.75) is 44.1 Å². The predicted octanol–water partition coefficient (Wildman–Crippen LogP) is 0.699. The Kier molecular flexibility index (Phi) is 4.14. The van der Waals surface area contributed by atoms with E-state index in [1.165, 1.54) is 16.7 Å². The Labute approximate surface area is 138 Å². The summed E-state index contributed by atoms with van der Waals surface area (Å²) in [5.41, 5.74) is 0.0897. The molecule has 3 aliphatic heterocycles. The van der Waals surface area contributed by atoms with Crippen molar-refractivity contribution in [3.05, 3.63) is 10.6 Å². The van der Waals surface area contributed by atoms with Gasteiger partial charge in [0.15, 0.2) is 0 Å². The van der Waals surface area contributed by atoms with Crippen molar-refractivity contribution in [2.75, 3.05) is 13.1 Å². The number of carboxylic acid groups (broad SMARTS) is 1. The average Bonchev–Trinajstić information content (AvgIpc) is 3.02. The molecule has 2 fully saturated rings. The molecule has 7 nitrogen and oxygen atoms in total. The van der Waals surface area contributed by atoms with Crippen LogP contribution in [0.3, 0.4) is 0 Å². The number of likely N-dealkylation sites (tertiary alicyclic amines) is 1. The van der Waals surface area contributed by atoms with Gasteiger partial charge in [0, 0.05) is 29.7 Å². The second-order valence-electron chi connectivity index (χ2n) is 6.38. The van der Waals surface area contributed by atoms with Crippen LogP contribution in [-0.2, 0) is 9.59 Å². The van der Waals surface area contributed by atoms with E-state index in [2.05, 4.69) is 0 Å². The first-order chi connectivity index (χ1) is 10.8. The summed E-state index contributed by atoms with van der Waals surface area (Å²) in [4.78, 5) is 27.8. The fourth-order valence-corrected chi connectivity index (χ4v) is 5.11. The summed E-state index contributed by atoms with van der Waals surface area (Å²) < 4.78 is 0. The van der Waals surface area contributed by atoms with Gasteiger partial charge in [0.25, 0.3) is 0 Å². The zero-order valence-corrected chi connectivity index (χ0v) is 14.0. The van der Waals surface area contributed by atoms with Gasteiger partial charge in [-0.25, -0.2) is 4.79 Å². The van der Waals surface area contributed by atoms with E-state index in [4.69, 9.17) is 5.41 Å². The summed E-state index contributed by atoms with van der Waals surface area (Å²) in [6.45, 7) is 4.87. The Bertz CT molecular complexity index is 604. The molecule has 23 heavy (non-hydrogen) atoms. The van der Waals surface area contributed by atoms with Crippen molar-refractivity contribution >= 4 is 29.5 Å². The van der Waals surface area contributed by atoms with E-state index in [0.29, 0.717) is 12.3 Å². The van der Waals surface area contributed by atoms with Crippen LogP contribution in [0.2, 0.25) is 0 Å². The Balaban J connectivity index is 1.75. The normalized spacial score (nSPS) is 31.3. The standard InChI is InChI=1S/C15H21N3O4S/c1-7(19)12-10-5-11(13(15(21)22)18(10)14(12)20)23-9-3-4-17(6-9)8(2)16/h7,9-10,12,16,19H,3-6H2,1-2H3,(H,21,22)/t7-,9?,10-,12-/m1/s1. The summed E-state index contributed by atoms with van der Waals surface area (Å²) in [5, 5.41) is 27.1. The molecule has 1 unspecified atom stereocenters. The van der Waals surface area contributed by atoms with Crippen molar-refractivity contribution in [2.24, 2.45) is 5.92 Å². The van der Waals surface area contributed by atoms with Gasteiger partial charge in [-0.2, -0.15) is 0 Å². The number of carbonyl (C=O) groups is 2. The fraction of sp³-hybridized carbons (Fsp3) is 0.667. The van der Waals surface area contributed by atoms with Crippen molar-refractivity contribution in [3.8, 4) is 0 Å². The second-order valence-corrected chi connectivity index (χ2v) is 7.78. The third-order valence-corrected chi connectivity index (χ3v) is 6.18. The number of fused-ring (bicyclic) bond motifs is 1. The number of aliphatic carboxylic acids is 1. The van der Waals surface area contributed by atoms with E-state index in [1.54, 1.807) is 13.8 Å². The van der Waals surface area contributed by atoms with Crippen molar-refractivity contribution in [1.29, 1.82) is 5.41 Å². The molecular formula is C15H21N3O4S. The molecule has 3 aliphatic rings. The lowest BCUT2D eigenvalue weighted by molar-refractivity contribution is -0.161. The SMILES string of the molecule is CC(=N)N1CCC(SC2=C(C(=O)O)N3C(=O)[C@H]([C@@H](C)O)[C@H]3C2)C1. The minimum atomic E-state index is -1.08. The fourth-order valence-electron chi connectivity index (χ4n) is 3.67. The number of thioether (sulfide) groups is 1. The molecule has 3 N–H and O–H groups in total. The van der Waals surface area contributed by atoms with E-state index in [-0.39, 0.29) is 22.9 Å². The number of nitrogens with one attached hydrogen (secondary N) is 1. The van der Waals surface area contributed by atoms with Crippen LogP contribution in [0.1, 0.15) is 26.7 Å². The third-order valence-electron chi connectivity index (χ3n) is 4.82. The largest absolute Gasteiger partial charge is 0.477 e. The predicted molar refractivity (Wildman–Crippen MR) is 86.1 cm³/mol. The molecular weight excluding hydrogens is 318 g/mol. The van der Waals surface area contributed by atoms with E-state index >= 15 is 0 Å². The van der Waals surface area contributed by atoms with Crippen LogP contribution in [0.25, 0.3) is 0 Å². The van der Waals surface area contributed by atoms with Crippen LogP contribution >= 0.6 is 11.8 Å². The molecule has 1 amide bonds. The molecule has 0 aromatic heterocycles. The Morgan fingerprint density at radius 2 is 2.17 bits per heavy atom. The average molecular weight is 339 g/mol. The van der Waals surface area contributed by atoms with Gasteiger partial charge in [0.1, 0.15) is 5.70 Å². The zero-order valence-electron chi connectivity index (χ0n) is 13.2. The third kappa shape index (κ3) is 2.63. The van der Waals surface area contributed by atoms with Gasteiger partial charge < -0.3 is 20.0 Å². The second kappa shape index (κ2) is 5.83. The number of aliphatic hydroxyl groups is 1. The molecule has 0 aromatic rings. The molecule has 2 saturated heterocycles. The van der Waals surface area contributed by atoms with Crippen molar-refractivity contribution in [1.82, 2.24) is 9.80 Å². The van der Waals surface area contributed by atoms with E-state index < -0.39 is 18.0 Å². The molecule has 4 atom stereocenters. The van der Waals surface area contributed by atoms with Crippen LogP contribution in [0.15, 0.2) is 10.6 Å². The number of β-lactam (4-membered cyclic amide) rings is 1. The molecule has 8 heteroatoms. The minimum absolute atomic E-state index is 0.0897. The molecule has 0 spiro atoms. The highest BCUT2D eigenvalue weighted by molar-refractivity contribution is 8.03. The number of amidine groups is 1. The highest BCUT2D eigenvalue weighted by Crippen LogP contribution is 2.48. The smallest absolute Gasteiger partial charge is 0.353 e. The molecule has 0 radical (unpaired) electrons. The first kappa shape index (κ1) is 16.3. The number of hydrogen-bond donors (Lipinski definition) is 3. The Hall–Kier alpha value is -1.54. The number of carboxylic acids is 1. The zero-order chi connectivity index (χ0) is 16.9. The highest BCUT2D eigenvalue weighted by atomic mass is 32.2. The summed E-state index contributed by atoms with van der Waals surface area (Å²) in [6.07, 6.45) is 0.648. The lowest BCUT2D eigenvalue weighted by atomic mass is 9.83. The number of amides is 1. The Morgan fingerprint density at radius 3 is 2.70 bits per heavy atom. The molecule has 0 aromatic carbocycles. The lowest BCUT2D eigenvalue weighted by Gasteiger charge is -2.44. The van der Waals surface area contributed by atoms with Gasteiger partial charge in [0.2, 0.25) is 5.91 Å². The lowest BCUT2D eigenvalue weighted by Crippen LogP contribution is -2.61. The van der Waals surface area contributed by atoms with Gasteiger partial charge >= 0.3 is 5.97 Å². The molecule has 0 saturated carbocycles. The monoisotopic (exact) mass is 339 g/mol. The van der Waals surface area contributed by atoms with E-state index in [9.17, 15) is 19.8 Å². The first-order valence-electron chi connectivity index (χ1n) is 7.75. The van der Waals surface area contributed by atoms with Gasteiger partial charge in [0.05, 0.1) is 23.9 Å². The molecule has 0 bridgehead atoms. The summed E-state index contributed by atoms with van der Waals surface area (Å²) in [7, 11) is 0. The number of carbonyl (C=O) groups excluding carboxylic acids is 1. The molecule has 3 rings (SSSR count). The molecule has 0 aliphatic carbocycles.